The number of carbonyl (C=O) groups excluding carboxylic acids is 2. The van der Waals surface area contributed by atoms with Gasteiger partial charge < -0.3 is 9.80 Å². The van der Waals surface area contributed by atoms with Gasteiger partial charge in [-0.25, -0.2) is 4.39 Å². The lowest BCUT2D eigenvalue weighted by Crippen LogP contribution is -2.50. The van der Waals surface area contributed by atoms with Gasteiger partial charge in [0.1, 0.15) is 5.82 Å². The number of non-ortho nitro benzene ring substituents is 1. The Bertz CT molecular complexity index is 1110. The number of rotatable bonds is 10. The number of piperazine rings is 1. The van der Waals surface area contributed by atoms with Crippen molar-refractivity contribution in [2.75, 3.05) is 39.3 Å². The fourth-order valence-corrected chi connectivity index (χ4v) is 5.02. The summed E-state index contributed by atoms with van der Waals surface area (Å²) in [6.45, 7) is 12.6. The van der Waals surface area contributed by atoms with Crippen LogP contribution >= 0.6 is 0 Å². The molecule has 1 saturated heterocycles. The largest absolute Gasteiger partial charge is 0.337 e. The molecule has 3 rings (SSSR count). The number of nitro benzene ring substituents is 1. The first-order chi connectivity index (χ1) is 17.9. The molecule has 0 bridgehead atoms. The monoisotopic (exact) mass is 526 g/mol. The van der Waals surface area contributed by atoms with Gasteiger partial charge in [0.25, 0.3) is 11.6 Å². The predicted molar refractivity (Wildman–Crippen MR) is 145 cm³/mol. The van der Waals surface area contributed by atoms with Crippen LogP contribution in [0.3, 0.4) is 0 Å². The van der Waals surface area contributed by atoms with Gasteiger partial charge in [-0.3, -0.25) is 24.6 Å². The Morgan fingerprint density at radius 2 is 1.74 bits per heavy atom. The maximum atomic E-state index is 13.4. The van der Waals surface area contributed by atoms with Gasteiger partial charge in [-0.2, -0.15) is 0 Å². The molecule has 2 aromatic rings. The third-order valence-corrected chi connectivity index (χ3v) is 6.77. The highest BCUT2D eigenvalue weighted by Crippen LogP contribution is 2.26. The Morgan fingerprint density at radius 1 is 1.08 bits per heavy atom. The molecule has 1 atom stereocenters. The average molecular weight is 527 g/mol. The van der Waals surface area contributed by atoms with Crippen molar-refractivity contribution in [3.63, 3.8) is 0 Å². The van der Waals surface area contributed by atoms with Crippen molar-refractivity contribution in [2.45, 2.75) is 47.1 Å². The highest BCUT2D eigenvalue weighted by atomic mass is 19.1. The molecule has 1 unspecified atom stereocenters. The second-order valence-electron chi connectivity index (χ2n) is 11.5. The maximum absolute atomic E-state index is 13.4. The van der Waals surface area contributed by atoms with E-state index in [1.54, 1.807) is 23.1 Å². The number of amides is 2. The summed E-state index contributed by atoms with van der Waals surface area (Å²) in [5.41, 5.74) is 1.24. The molecule has 8 nitrogen and oxygen atoms in total. The third-order valence-electron chi connectivity index (χ3n) is 6.77. The third kappa shape index (κ3) is 8.90. The quantitative estimate of drug-likeness (QED) is 0.322. The SMILES string of the molecule is CC(CC(=O)N(CCN1CCN(C(=O)c2cccc([N+](=O)[O-])c2)CC1)Cc1ccc(F)cc1)CC(C)(C)C. The molecule has 0 spiro atoms. The molecule has 206 valence electrons. The smallest absolute Gasteiger partial charge is 0.270 e. The summed E-state index contributed by atoms with van der Waals surface area (Å²) in [4.78, 5) is 42.5. The average Bonchev–Trinajstić information content (AvgIpc) is 2.86. The summed E-state index contributed by atoms with van der Waals surface area (Å²) in [5, 5.41) is 11.0. The number of benzene rings is 2. The van der Waals surface area contributed by atoms with Crippen molar-refractivity contribution in [3.05, 3.63) is 75.6 Å². The van der Waals surface area contributed by atoms with E-state index < -0.39 is 4.92 Å². The molecule has 9 heteroatoms. The van der Waals surface area contributed by atoms with Crippen LogP contribution in [-0.2, 0) is 11.3 Å². The molecule has 1 aliphatic rings. The number of halogens is 1. The molecular weight excluding hydrogens is 487 g/mol. The van der Waals surface area contributed by atoms with Gasteiger partial charge >= 0.3 is 0 Å². The Morgan fingerprint density at radius 3 is 2.34 bits per heavy atom. The highest BCUT2D eigenvalue weighted by molar-refractivity contribution is 5.94. The van der Waals surface area contributed by atoms with E-state index in [2.05, 4.69) is 32.6 Å². The van der Waals surface area contributed by atoms with Crippen LogP contribution in [0, 0.1) is 27.3 Å². The van der Waals surface area contributed by atoms with Gasteiger partial charge in [-0.05, 0) is 41.5 Å². The molecule has 0 N–H and O–H groups in total. The van der Waals surface area contributed by atoms with Crippen molar-refractivity contribution >= 4 is 17.5 Å². The summed E-state index contributed by atoms with van der Waals surface area (Å²) in [5.74, 6) is -0.176. The van der Waals surface area contributed by atoms with Crippen LogP contribution in [-0.4, -0.2) is 70.7 Å². The van der Waals surface area contributed by atoms with Crippen molar-refractivity contribution in [1.29, 1.82) is 0 Å². The Hall–Kier alpha value is -3.33. The first kappa shape index (κ1) is 29.2. The number of hydrogen-bond donors (Lipinski definition) is 0. The van der Waals surface area contributed by atoms with E-state index in [4.69, 9.17) is 0 Å². The summed E-state index contributed by atoms with van der Waals surface area (Å²) >= 11 is 0. The van der Waals surface area contributed by atoms with Crippen LogP contribution in [0.15, 0.2) is 48.5 Å². The number of hydrogen-bond acceptors (Lipinski definition) is 5. The van der Waals surface area contributed by atoms with Crippen molar-refractivity contribution in [3.8, 4) is 0 Å². The van der Waals surface area contributed by atoms with E-state index in [1.807, 2.05) is 4.90 Å². The zero-order chi connectivity index (χ0) is 27.9. The minimum absolute atomic E-state index is 0.0885. The number of nitro groups is 1. The van der Waals surface area contributed by atoms with E-state index in [0.717, 1.165) is 12.0 Å². The lowest BCUT2D eigenvalue weighted by Gasteiger charge is -2.36. The van der Waals surface area contributed by atoms with Gasteiger partial charge in [0.05, 0.1) is 4.92 Å². The summed E-state index contributed by atoms with van der Waals surface area (Å²) in [7, 11) is 0. The zero-order valence-electron chi connectivity index (χ0n) is 22.9. The molecule has 0 radical (unpaired) electrons. The van der Waals surface area contributed by atoms with Gasteiger partial charge in [0.2, 0.25) is 5.91 Å². The van der Waals surface area contributed by atoms with E-state index in [-0.39, 0.29) is 34.7 Å². The first-order valence-electron chi connectivity index (χ1n) is 13.2. The summed E-state index contributed by atoms with van der Waals surface area (Å²) < 4.78 is 13.4. The zero-order valence-corrected chi connectivity index (χ0v) is 22.9. The highest BCUT2D eigenvalue weighted by Gasteiger charge is 2.25. The Balaban J connectivity index is 1.57. The first-order valence-corrected chi connectivity index (χ1v) is 13.2. The summed E-state index contributed by atoms with van der Waals surface area (Å²) in [6.07, 6.45) is 1.41. The van der Waals surface area contributed by atoms with Crippen LogP contribution in [0.5, 0.6) is 0 Å². The van der Waals surface area contributed by atoms with Crippen molar-refractivity contribution in [2.24, 2.45) is 11.3 Å². The van der Waals surface area contributed by atoms with Gasteiger partial charge in [0, 0.05) is 69.9 Å². The molecule has 2 aromatic carbocycles. The minimum atomic E-state index is -0.502. The fraction of sp³-hybridized carbons (Fsp3) is 0.517. The molecule has 0 aromatic heterocycles. The van der Waals surface area contributed by atoms with Crippen LogP contribution in [0.25, 0.3) is 0 Å². The topological polar surface area (TPSA) is 87.0 Å². The van der Waals surface area contributed by atoms with E-state index in [1.165, 1.54) is 30.3 Å². The Labute approximate surface area is 224 Å². The lowest BCUT2D eigenvalue weighted by atomic mass is 9.84. The van der Waals surface area contributed by atoms with Crippen LogP contribution in [0.2, 0.25) is 0 Å². The van der Waals surface area contributed by atoms with Gasteiger partial charge in [0.15, 0.2) is 0 Å². The molecule has 38 heavy (non-hydrogen) atoms. The molecular formula is C29H39FN4O4. The van der Waals surface area contributed by atoms with E-state index >= 15 is 0 Å². The lowest BCUT2D eigenvalue weighted by molar-refractivity contribution is -0.384. The molecule has 1 aliphatic heterocycles. The number of nitrogens with zero attached hydrogens (tertiary/aromatic N) is 4. The molecule has 1 fully saturated rings. The normalized spacial score (nSPS) is 15.2. The van der Waals surface area contributed by atoms with E-state index in [0.29, 0.717) is 57.8 Å². The van der Waals surface area contributed by atoms with Crippen molar-refractivity contribution < 1.29 is 18.9 Å². The standard InChI is InChI=1S/C29H39FN4O4/c1-22(20-29(2,3)4)18-27(35)33(21-23-8-10-25(30)11-9-23)17-14-31-12-15-32(16-13-31)28(36)24-6-5-7-26(19-24)34(37)38/h5-11,19,22H,12-18,20-21H2,1-4H3. The van der Waals surface area contributed by atoms with Gasteiger partial charge in [-0.15, -0.1) is 0 Å². The van der Waals surface area contributed by atoms with Crippen LogP contribution in [0.1, 0.15) is 56.5 Å². The molecule has 0 saturated carbocycles. The summed E-state index contributed by atoms with van der Waals surface area (Å²) in [6, 6.07) is 12.1. The van der Waals surface area contributed by atoms with E-state index in [9.17, 15) is 24.1 Å². The van der Waals surface area contributed by atoms with Crippen molar-refractivity contribution in [1.82, 2.24) is 14.7 Å². The molecule has 2 amide bonds. The molecule has 1 heterocycles. The van der Waals surface area contributed by atoms with Crippen LogP contribution in [0.4, 0.5) is 10.1 Å². The fourth-order valence-electron chi connectivity index (χ4n) is 5.02. The second-order valence-corrected chi connectivity index (χ2v) is 11.5. The molecule has 0 aliphatic carbocycles. The van der Waals surface area contributed by atoms with Gasteiger partial charge in [-0.1, -0.05) is 45.9 Å². The van der Waals surface area contributed by atoms with Crippen LogP contribution < -0.4 is 0 Å². The Kier molecular flexibility index (Phi) is 9.96. The minimum Gasteiger partial charge on any atom is -0.337 e. The second kappa shape index (κ2) is 13.0. The number of carbonyl (C=O) groups is 2. The predicted octanol–water partition coefficient (Wildman–Crippen LogP) is 4.98. The maximum Gasteiger partial charge on any atom is 0.270 e.